The van der Waals surface area contributed by atoms with Crippen LogP contribution in [0.15, 0.2) is 24.5 Å². The summed E-state index contributed by atoms with van der Waals surface area (Å²) in [7, 11) is 0. The minimum absolute atomic E-state index is 0.337. The van der Waals surface area contributed by atoms with Gasteiger partial charge in [0.2, 0.25) is 5.91 Å². The van der Waals surface area contributed by atoms with E-state index in [-0.39, 0.29) is 5.91 Å². The van der Waals surface area contributed by atoms with Crippen LogP contribution in [0.25, 0.3) is 0 Å². The van der Waals surface area contributed by atoms with Gasteiger partial charge in [0.25, 0.3) is 0 Å². The molecule has 3 N–H and O–H groups in total. The zero-order chi connectivity index (χ0) is 12.3. The zero-order valence-corrected chi connectivity index (χ0v) is 10.1. The van der Waals surface area contributed by atoms with Crippen LogP contribution in [0, 0.1) is 0 Å². The van der Waals surface area contributed by atoms with Gasteiger partial charge in [0, 0.05) is 18.4 Å². The van der Waals surface area contributed by atoms with Gasteiger partial charge in [0.1, 0.15) is 5.54 Å². The molecule has 1 aromatic heterocycles. The Morgan fingerprint density at radius 2 is 2.00 bits per heavy atom. The van der Waals surface area contributed by atoms with Crippen LogP contribution < -0.4 is 11.1 Å². The Balaban J connectivity index is 2.23. The molecule has 2 rings (SSSR count). The average molecular weight is 233 g/mol. The van der Waals surface area contributed by atoms with E-state index in [0.717, 1.165) is 18.4 Å². The Hall–Kier alpha value is -1.42. The number of rotatable bonds is 4. The van der Waals surface area contributed by atoms with Crippen molar-refractivity contribution in [3.05, 3.63) is 30.1 Å². The van der Waals surface area contributed by atoms with Crippen molar-refractivity contribution >= 4 is 5.91 Å². The molecule has 0 aliphatic heterocycles. The van der Waals surface area contributed by atoms with Gasteiger partial charge in [0.15, 0.2) is 0 Å². The van der Waals surface area contributed by atoms with Gasteiger partial charge in [-0.2, -0.15) is 0 Å². The lowest BCUT2D eigenvalue weighted by Gasteiger charge is -2.31. The van der Waals surface area contributed by atoms with Crippen molar-refractivity contribution in [2.24, 2.45) is 5.73 Å². The molecule has 1 aliphatic carbocycles. The molecule has 1 unspecified atom stereocenters. The SMILES string of the molecule is CC(NC1CCCC1)(C(N)=O)c1ccncc1. The first kappa shape index (κ1) is 12.0. The third-order valence-electron chi connectivity index (χ3n) is 3.60. The molecule has 1 aliphatic rings. The number of nitrogens with two attached hydrogens (primary N) is 1. The smallest absolute Gasteiger partial charge is 0.242 e. The molecule has 4 heteroatoms. The van der Waals surface area contributed by atoms with E-state index >= 15 is 0 Å². The van der Waals surface area contributed by atoms with Crippen molar-refractivity contribution in [2.75, 3.05) is 0 Å². The lowest BCUT2D eigenvalue weighted by molar-refractivity contribution is -0.124. The molecule has 1 saturated carbocycles. The second kappa shape index (κ2) is 4.84. The molecular weight excluding hydrogens is 214 g/mol. The highest BCUT2D eigenvalue weighted by Crippen LogP contribution is 2.25. The van der Waals surface area contributed by atoms with Crippen LogP contribution >= 0.6 is 0 Å². The molecule has 92 valence electrons. The Labute approximate surface area is 102 Å². The van der Waals surface area contributed by atoms with Crippen molar-refractivity contribution in [1.82, 2.24) is 10.3 Å². The summed E-state index contributed by atoms with van der Waals surface area (Å²) < 4.78 is 0. The van der Waals surface area contributed by atoms with Crippen LogP contribution in [-0.4, -0.2) is 16.9 Å². The quantitative estimate of drug-likeness (QED) is 0.824. The molecule has 0 saturated heterocycles. The largest absolute Gasteiger partial charge is 0.368 e. The maximum absolute atomic E-state index is 11.7. The molecule has 4 nitrogen and oxygen atoms in total. The van der Waals surface area contributed by atoms with E-state index in [0.29, 0.717) is 6.04 Å². The number of primary amides is 1. The predicted octanol–water partition coefficient (Wildman–Crippen LogP) is 1.31. The van der Waals surface area contributed by atoms with Gasteiger partial charge >= 0.3 is 0 Å². The van der Waals surface area contributed by atoms with Crippen molar-refractivity contribution in [3.63, 3.8) is 0 Å². The van der Waals surface area contributed by atoms with Crippen LogP contribution in [0.3, 0.4) is 0 Å². The van der Waals surface area contributed by atoms with Crippen LogP contribution in [0.2, 0.25) is 0 Å². The summed E-state index contributed by atoms with van der Waals surface area (Å²) in [5, 5.41) is 3.41. The van der Waals surface area contributed by atoms with Gasteiger partial charge in [-0.15, -0.1) is 0 Å². The van der Waals surface area contributed by atoms with Crippen LogP contribution in [0.1, 0.15) is 38.2 Å². The fourth-order valence-electron chi connectivity index (χ4n) is 2.46. The average Bonchev–Trinajstić information content (AvgIpc) is 2.82. The third kappa shape index (κ3) is 2.47. The van der Waals surface area contributed by atoms with Gasteiger partial charge in [-0.25, -0.2) is 0 Å². The van der Waals surface area contributed by atoms with E-state index in [1.54, 1.807) is 12.4 Å². The number of aromatic nitrogens is 1. The first-order valence-corrected chi connectivity index (χ1v) is 6.11. The second-order valence-electron chi connectivity index (χ2n) is 4.85. The molecule has 0 bridgehead atoms. The lowest BCUT2D eigenvalue weighted by Crippen LogP contribution is -2.53. The highest BCUT2D eigenvalue weighted by Gasteiger charge is 2.35. The summed E-state index contributed by atoms with van der Waals surface area (Å²) in [5.41, 5.74) is 5.65. The molecule has 1 aromatic rings. The fraction of sp³-hybridized carbons (Fsp3) is 0.538. The van der Waals surface area contributed by atoms with E-state index < -0.39 is 5.54 Å². The molecule has 0 spiro atoms. The number of amides is 1. The van der Waals surface area contributed by atoms with E-state index in [2.05, 4.69) is 10.3 Å². The van der Waals surface area contributed by atoms with Crippen LogP contribution in [0.5, 0.6) is 0 Å². The molecule has 0 aromatic carbocycles. The Morgan fingerprint density at radius 3 is 2.53 bits per heavy atom. The summed E-state index contributed by atoms with van der Waals surface area (Å²) in [4.78, 5) is 15.7. The molecule has 1 amide bonds. The van der Waals surface area contributed by atoms with E-state index in [1.165, 1.54) is 12.8 Å². The minimum Gasteiger partial charge on any atom is -0.368 e. The summed E-state index contributed by atoms with van der Waals surface area (Å²) in [6.07, 6.45) is 8.06. The van der Waals surface area contributed by atoms with E-state index in [4.69, 9.17) is 5.73 Å². The van der Waals surface area contributed by atoms with Gasteiger partial charge in [-0.3, -0.25) is 15.1 Å². The fourth-order valence-corrected chi connectivity index (χ4v) is 2.46. The van der Waals surface area contributed by atoms with Gasteiger partial charge < -0.3 is 5.73 Å². The number of pyridine rings is 1. The number of nitrogens with one attached hydrogen (secondary N) is 1. The maximum atomic E-state index is 11.7. The predicted molar refractivity (Wildman–Crippen MR) is 66.2 cm³/mol. The summed E-state index contributed by atoms with van der Waals surface area (Å²) >= 11 is 0. The molecule has 1 atom stereocenters. The number of hydrogen-bond acceptors (Lipinski definition) is 3. The van der Waals surface area contributed by atoms with E-state index in [9.17, 15) is 4.79 Å². The second-order valence-corrected chi connectivity index (χ2v) is 4.85. The summed E-state index contributed by atoms with van der Waals surface area (Å²) in [6, 6.07) is 4.07. The molecule has 1 fully saturated rings. The summed E-state index contributed by atoms with van der Waals surface area (Å²) in [6.45, 7) is 1.85. The lowest BCUT2D eigenvalue weighted by atomic mass is 9.91. The first-order valence-electron chi connectivity index (χ1n) is 6.11. The third-order valence-corrected chi connectivity index (χ3v) is 3.60. The Kier molecular flexibility index (Phi) is 3.43. The molecule has 17 heavy (non-hydrogen) atoms. The van der Waals surface area contributed by atoms with Gasteiger partial charge in [-0.1, -0.05) is 12.8 Å². The molecule has 1 heterocycles. The maximum Gasteiger partial charge on any atom is 0.242 e. The van der Waals surface area contributed by atoms with Crippen molar-refractivity contribution in [3.8, 4) is 0 Å². The first-order chi connectivity index (χ1) is 8.13. The van der Waals surface area contributed by atoms with Gasteiger partial charge in [-0.05, 0) is 37.5 Å². The van der Waals surface area contributed by atoms with Crippen molar-refractivity contribution in [1.29, 1.82) is 0 Å². The number of nitrogens with zero attached hydrogens (tertiary/aromatic N) is 1. The highest BCUT2D eigenvalue weighted by molar-refractivity contribution is 5.85. The van der Waals surface area contributed by atoms with Crippen molar-refractivity contribution < 1.29 is 4.79 Å². The standard InChI is InChI=1S/C13H19N3O/c1-13(12(14)17,10-6-8-15-9-7-10)16-11-4-2-3-5-11/h6-9,11,16H,2-5H2,1H3,(H2,14,17). The van der Waals surface area contributed by atoms with E-state index in [1.807, 2.05) is 19.1 Å². The summed E-state index contributed by atoms with van der Waals surface area (Å²) in [5.74, 6) is -0.337. The number of hydrogen-bond donors (Lipinski definition) is 2. The van der Waals surface area contributed by atoms with Crippen LogP contribution in [-0.2, 0) is 10.3 Å². The van der Waals surface area contributed by atoms with Crippen molar-refractivity contribution in [2.45, 2.75) is 44.2 Å². The monoisotopic (exact) mass is 233 g/mol. The Morgan fingerprint density at radius 1 is 1.41 bits per heavy atom. The van der Waals surface area contributed by atoms with Gasteiger partial charge in [0.05, 0.1) is 0 Å². The minimum atomic E-state index is -0.794. The zero-order valence-electron chi connectivity index (χ0n) is 10.1. The number of carbonyl (C=O) groups is 1. The topological polar surface area (TPSA) is 68.0 Å². The number of carbonyl (C=O) groups excluding carboxylic acids is 1. The molecular formula is C13H19N3O. The normalized spacial score (nSPS) is 20.1. The molecule has 0 radical (unpaired) electrons. The van der Waals surface area contributed by atoms with Crippen LogP contribution in [0.4, 0.5) is 0 Å². The highest BCUT2D eigenvalue weighted by atomic mass is 16.1. The Bertz CT molecular complexity index is 387.